The van der Waals surface area contributed by atoms with Crippen molar-refractivity contribution >= 4 is 69.4 Å². The van der Waals surface area contributed by atoms with E-state index in [0.29, 0.717) is 37.4 Å². The van der Waals surface area contributed by atoms with Crippen molar-refractivity contribution in [1.29, 1.82) is 0 Å². The van der Waals surface area contributed by atoms with Crippen LogP contribution >= 0.6 is 58.6 Å². The molecule has 110 valence electrons. The van der Waals surface area contributed by atoms with Crippen LogP contribution in [0.1, 0.15) is 5.56 Å². The van der Waals surface area contributed by atoms with Crippen molar-refractivity contribution < 1.29 is 0 Å². The minimum Gasteiger partial charge on any atom is -0.358 e. The maximum Gasteiger partial charge on any atom is 0.171 e. The molecule has 0 bridgehead atoms. The van der Waals surface area contributed by atoms with E-state index in [2.05, 4.69) is 10.6 Å². The average molecular weight is 380 g/mol. The Kier molecular flexibility index (Phi) is 5.97. The number of hydrogen-bond acceptors (Lipinski definition) is 1. The van der Waals surface area contributed by atoms with E-state index >= 15 is 0 Å². The van der Waals surface area contributed by atoms with Crippen molar-refractivity contribution in [2.75, 3.05) is 5.32 Å². The highest BCUT2D eigenvalue weighted by atomic mass is 35.5. The van der Waals surface area contributed by atoms with E-state index in [1.54, 1.807) is 30.3 Å². The van der Waals surface area contributed by atoms with Gasteiger partial charge in [-0.1, -0.05) is 52.5 Å². The van der Waals surface area contributed by atoms with Crippen LogP contribution in [0, 0.1) is 0 Å². The van der Waals surface area contributed by atoms with Crippen molar-refractivity contribution in [3.8, 4) is 0 Å². The molecule has 0 radical (unpaired) electrons. The van der Waals surface area contributed by atoms with E-state index in [9.17, 15) is 0 Å². The maximum absolute atomic E-state index is 6.09. The Morgan fingerprint density at radius 1 is 0.905 bits per heavy atom. The first-order chi connectivity index (χ1) is 9.95. The second-order valence-electron chi connectivity index (χ2n) is 4.17. The Labute approximate surface area is 148 Å². The number of halogens is 4. The van der Waals surface area contributed by atoms with E-state index in [-0.39, 0.29) is 0 Å². The molecule has 0 fully saturated rings. The molecule has 0 amide bonds. The summed E-state index contributed by atoms with van der Waals surface area (Å²) in [6.07, 6.45) is 0. The lowest BCUT2D eigenvalue weighted by Gasteiger charge is -2.12. The topological polar surface area (TPSA) is 24.1 Å². The molecule has 2 aromatic rings. The molecule has 2 nitrogen and oxygen atoms in total. The zero-order chi connectivity index (χ0) is 15.4. The minimum absolute atomic E-state index is 0.435. The smallest absolute Gasteiger partial charge is 0.171 e. The molecule has 0 aliphatic carbocycles. The van der Waals surface area contributed by atoms with Gasteiger partial charge in [0.15, 0.2) is 5.11 Å². The number of thiocarbonyl (C=S) groups is 1. The molecular formula is C14H10Cl4N2S. The van der Waals surface area contributed by atoms with Crippen LogP contribution in [0.15, 0.2) is 36.4 Å². The van der Waals surface area contributed by atoms with Crippen molar-refractivity contribution in [1.82, 2.24) is 5.32 Å². The SMILES string of the molecule is S=C(NCc1ccc(Cl)cc1Cl)Nc1ccc(Cl)cc1Cl. The fourth-order valence-corrected chi connectivity index (χ4v) is 2.71. The van der Waals surface area contributed by atoms with E-state index in [1.807, 2.05) is 6.07 Å². The van der Waals surface area contributed by atoms with Gasteiger partial charge in [-0.2, -0.15) is 0 Å². The molecule has 0 atom stereocenters. The summed E-state index contributed by atoms with van der Waals surface area (Å²) in [6.45, 7) is 0.479. The normalized spacial score (nSPS) is 10.3. The Morgan fingerprint density at radius 2 is 1.52 bits per heavy atom. The summed E-state index contributed by atoms with van der Waals surface area (Å²) in [4.78, 5) is 0. The van der Waals surface area contributed by atoms with E-state index in [1.165, 1.54) is 0 Å². The van der Waals surface area contributed by atoms with Gasteiger partial charge >= 0.3 is 0 Å². The molecule has 0 aliphatic heterocycles. The number of benzene rings is 2. The van der Waals surface area contributed by atoms with Gasteiger partial charge in [0.05, 0.1) is 10.7 Å². The summed E-state index contributed by atoms with van der Waals surface area (Å²) in [5.74, 6) is 0. The summed E-state index contributed by atoms with van der Waals surface area (Å²) >= 11 is 29.1. The molecule has 7 heteroatoms. The molecular weight excluding hydrogens is 370 g/mol. The van der Waals surface area contributed by atoms with Gasteiger partial charge in [-0.15, -0.1) is 0 Å². The van der Waals surface area contributed by atoms with Crippen molar-refractivity contribution in [2.45, 2.75) is 6.54 Å². The first-order valence-corrected chi connectivity index (χ1v) is 7.81. The molecule has 0 spiro atoms. The van der Waals surface area contributed by atoms with Crippen molar-refractivity contribution in [3.05, 3.63) is 62.1 Å². The summed E-state index contributed by atoms with van der Waals surface area (Å²) in [5.41, 5.74) is 1.58. The quantitative estimate of drug-likeness (QED) is 0.660. The van der Waals surface area contributed by atoms with Gasteiger partial charge in [-0.25, -0.2) is 0 Å². The second-order valence-corrected chi connectivity index (χ2v) is 6.26. The summed E-state index contributed by atoms with van der Waals surface area (Å²) in [7, 11) is 0. The van der Waals surface area contributed by atoms with Gasteiger partial charge in [0, 0.05) is 21.6 Å². The number of anilines is 1. The third-order valence-corrected chi connectivity index (χ3v) is 4.01. The second kappa shape index (κ2) is 7.52. The Balaban J connectivity index is 1.96. The van der Waals surface area contributed by atoms with Crippen molar-refractivity contribution in [2.24, 2.45) is 0 Å². The number of rotatable bonds is 3. The van der Waals surface area contributed by atoms with E-state index < -0.39 is 0 Å². The lowest BCUT2D eigenvalue weighted by molar-refractivity contribution is 0.926. The standard InChI is InChI=1S/C14H10Cl4N2S/c15-9-2-1-8(11(17)5-9)7-19-14(21)20-13-4-3-10(16)6-12(13)18/h1-6H,7H2,(H2,19,20,21). The predicted octanol–water partition coefficient (Wildman–Crippen LogP) is 5.79. The van der Waals surface area contributed by atoms with Gasteiger partial charge in [0.25, 0.3) is 0 Å². The molecule has 21 heavy (non-hydrogen) atoms. The van der Waals surface area contributed by atoms with Crippen LogP contribution in [0.2, 0.25) is 20.1 Å². The van der Waals surface area contributed by atoms with Crippen molar-refractivity contribution in [3.63, 3.8) is 0 Å². The fourth-order valence-electron chi connectivity index (χ4n) is 1.60. The summed E-state index contributed by atoms with van der Waals surface area (Å²) in [5, 5.41) is 8.73. The highest BCUT2D eigenvalue weighted by Gasteiger charge is 2.05. The largest absolute Gasteiger partial charge is 0.358 e. The number of hydrogen-bond donors (Lipinski definition) is 2. The lowest BCUT2D eigenvalue weighted by atomic mass is 10.2. The average Bonchev–Trinajstić information content (AvgIpc) is 2.41. The van der Waals surface area contributed by atoms with Gasteiger partial charge in [-0.3, -0.25) is 0 Å². The van der Waals surface area contributed by atoms with Crippen LogP contribution in [0.25, 0.3) is 0 Å². The van der Waals surface area contributed by atoms with Crippen LogP contribution in [0.4, 0.5) is 5.69 Å². The molecule has 0 unspecified atom stereocenters. The monoisotopic (exact) mass is 378 g/mol. The third kappa shape index (κ3) is 4.90. The van der Waals surface area contributed by atoms with Crippen LogP contribution in [-0.4, -0.2) is 5.11 Å². The molecule has 0 saturated heterocycles. The molecule has 0 aliphatic rings. The van der Waals surface area contributed by atoms with Crippen LogP contribution < -0.4 is 10.6 Å². The van der Waals surface area contributed by atoms with E-state index in [4.69, 9.17) is 58.6 Å². The van der Waals surface area contributed by atoms with Crippen LogP contribution in [0.3, 0.4) is 0 Å². The first-order valence-electron chi connectivity index (χ1n) is 5.89. The number of nitrogens with one attached hydrogen (secondary N) is 2. The maximum atomic E-state index is 6.09. The predicted molar refractivity (Wildman–Crippen MR) is 96.0 cm³/mol. The molecule has 2 N–H and O–H groups in total. The zero-order valence-electron chi connectivity index (χ0n) is 10.6. The van der Waals surface area contributed by atoms with Gasteiger partial charge < -0.3 is 10.6 Å². The molecule has 0 heterocycles. The molecule has 0 saturated carbocycles. The molecule has 0 aromatic heterocycles. The molecule has 2 rings (SSSR count). The highest BCUT2D eigenvalue weighted by Crippen LogP contribution is 2.25. The first kappa shape index (κ1) is 16.7. The van der Waals surface area contributed by atoms with Gasteiger partial charge in [-0.05, 0) is 48.1 Å². The Hall–Kier alpha value is -0.710. The van der Waals surface area contributed by atoms with E-state index in [0.717, 1.165) is 5.56 Å². The third-order valence-electron chi connectivity index (χ3n) is 2.63. The van der Waals surface area contributed by atoms with Gasteiger partial charge in [0.2, 0.25) is 0 Å². The zero-order valence-corrected chi connectivity index (χ0v) is 14.4. The van der Waals surface area contributed by atoms with Gasteiger partial charge in [0.1, 0.15) is 0 Å². The summed E-state index contributed by atoms with van der Waals surface area (Å²) < 4.78 is 0. The van der Waals surface area contributed by atoms with Crippen LogP contribution in [0.5, 0.6) is 0 Å². The Morgan fingerprint density at radius 3 is 2.14 bits per heavy atom. The summed E-state index contributed by atoms with van der Waals surface area (Å²) in [6, 6.07) is 10.4. The Bertz CT molecular complexity index is 676. The lowest BCUT2D eigenvalue weighted by Crippen LogP contribution is -2.28. The highest BCUT2D eigenvalue weighted by molar-refractivity contribution is 7.80. The molecule has 2 aromatic carbocycles. The van der Waals surface area contributed by atoms with Crippen LogP contribution in [-0.2, 0) is 6.54 Å². The minimum atomic E-state index is 0.435. The fraction of sp³-hybridized carbons (Fsp3) is 0.0714.